The number of hydrogen-bond donors (Lipinski definition) is 1. The summed E-state index contributed by atoms with van der Waals surface area (Å²) in [5.41, 5.74) is 6.06. The molecule has 0 unspecified atom stereocenters. The van der Waals surface area contributed by atoms with Crippen LogP contribution in [0.15, 0.2) is 51.4 Å². The van der Waals surface area contributed by atoms with Crippen LogP contribution in [-0.2, 0) is 0 Å². The number of anilines is 1. The zero-order valence-corrected chi connectivity index (χ0v) is 19.8. The van der Waals surface area contributed by atoms with Crippen molar-refractivity contribution in [2.24, 2.45) is 0 Å². The van der Waals surface area contributed by atoms with Gasteiger partial charge in [-0.1, -0.05) is 33.6 Å². The Hall–Kier alpha value is -2.83. The lowest BCUT2D eigenvalue weighted by atomic mass is 10.1. The number of amides is 1. The molecule has 5 nitrogen and oxygen atoms in total. The van der Waals surface area contributed by atoms with Gasteiger partial charge in [0.2, 0.25) is 5.89 Å². The first kappa shape index (κ1) is 21.4. The van der Waals surface area contributed by atoms with Crippen molar-refractivity contribution in [2.75, 3.05) is 12.4 Å². The Labute approximate surface area is 193 Å². The van der Waals surface area contributed by atoms with Gasteiger partial charge in [-0.3, -0.25) is 4.79 Å². The summed E-state index contributed by atoms with van der Waals surface area (Å²) in [6.45, 7) is 5.88. The van der Waals surface area contributed by atoms with Crippen molar-refractivity contribution in [1.82, 2.24) is 4.98 Å². The highest BCUT2D eigenvalue weighted by atomic mass is 79.9. The number of fused-ring (bicyclic) bond motifs is 1. The SMILES string of the molecule is COc1c(C)cc(Br)cc1C(=O)Nc1ccc(Cl)c(-c2nc3cc(C)cc(C)c3o2)c1. The number of halogens is 2. The van der Waals surface area contributed by atoms with E-state index in [-0.39, 0.29) is 5.91 Å². The summed E-state index contributed by atoms with van der Waals surface area (Å²) in [6, 6.07) is 12.8. The number of aromatic nitrogens is 1. The maximum Gasteiger partial charge on any atom is 0.259 e. The number of oxazole rings is 1. The maximum atomic E-state index is 13.0. The Morgan fingerprint density at radius 2 is 1.87 bits per heavy atom. The molecule has 0 spiro atoms. The monoisotopic (exact) mass is 498 g/mol. The topological polar surface area (TPSA) is 64.4 Å². The van der Waals surface area contributed by atoms with E-state index in [1.54, 1.807) is 31.4 Å². The Kier molecular flexibility index (Phi) is 5.77. The number of nitrogens with one attached hydrogen (secondary N) is 1. The number of hydrogen-bond acceptors (Lipinski definition) is 4. The van der Waals surface area contributed by atoms with Crippen LogP contribution in [0.4, 0.5) is 5.69 Å². The van der Waals surface area contributed by atoms with Crippen LogP contribution in [0.1, 0.15) is 27.0 Å². The molecule has 7 heteroatoms. The van der Waals surface area contributed by atoms with E-state index in [9.17, 15) is 4.79 Å². The second kappa shape index (κ2) is 8.36. The fraction of sp³-hybridized carbons (Fsp3) is 0.167. The Morgan fingerprint density at radius 1 is 1.10 bits per heavy atom. The average Bonchev–Trinajstić information content (AvgIpc) is 3.13. The zero-order valence-electron chi connectivity index (χ0n) is 17.5. The Balaban J connectivity index is 1.71. The first-order valence-electron chi connectivity index (χ1n) is 9.60. The number of aryl methyl sites for hydroxylation is 3. The van der Waals surface area contributed by atoms with E-state index < -0.39 is 0 Å². The van der Waals surface area contributed by atoms with Gasteiger partial charge >= 0.3 is 0 Å². The number of benzene rings is 3. The molecule has 0 fully saturated rings. The van der Waals surface area contributed by atoms with Crippen LogP contribution in [0.2, 0.25) is 5.02 Å². The molecule has 1 N–H and O–H groups in total. The second-order valence-corrected chi connectivity index (χ2v) is 8.72. The molecule has 1 aromatic heterocycles. The molecule has 31 heavy (non-hydrogen) atoms. The predicted octanol–water partition coefficient (Wildman–Crippen LogP) is 7.10. The highest BCUT2D eigenvalue weighted by molar-refractivity contribution is 9.10. The van der Waals surface area contributed by atoms with E-state index >= 15 is 0 Å². The van der Waals surface area contributed by atoms with Crippen LogP contribution < -0.4 is 10.1 Å². The van der Waals surface area contributed by atoms with Gasteiger partial charge in [0.15, 0.2) is 5.58 Å². The van der Waals surface area contributed by atoms with Crippen molar-refractivity contribution in [1.29, 1.82) is 0 Å². The molecule has 0 saturated heterocycles. The molecule has 158 valence electrons. The summed E-state index contributed by atoms with van der Waals surface area (Å²) in [7, 11) is 1.55. The molecule has 0 atom stereocenters. The number of carbonyl (C=O) groups is 1. The van der Waals surface area contributed by atoms with Crippen LogP contribution in [0.25, 0.3) is 22.6 Å². The summed E-state index contributed by atoms with van der Waals surface area (Å²) in [6.07, 6.45) is 0. The lowest BCUT2D eigenvalue weighted by Gasteiger charge is -2.13. The van der Waals surface area contributed by atoms with Crippen molar-refractivity contribution < 1.29 is 13.9 Å². The number of rotatable bonds is 4. The van der Waals surface area contributed by atoms with E-state index in [2.05, 4.69) is 26.2 Å². The van der Waals surface area contributed by atoms with Gasteiger partial charge in [-0.15, -0.1) is 0 Å². The molecule has 4 aromatic rings. The quantitative estimate of drug-likeness (QED) is 0.325. The van der Waals surface area contributed by atoms with Gasteiger partial charge in [0.1, 0.15) is 11.3 Å². The standard InChI is InChI=1S/C24H20BrClN2O3/c1-12-7-13(2)22-20(8-12)28-24(31-22)17-11-16(5-6-19(17)26)27-23(29)18-10-15(25)9-14(3)21(18)30-4/h5-11H,1-4H3,(H,27,29). The molecule has 4 rings (SSSR count). The summed E-state index contributed by atoms with van der Waals surface area (Å²) in [5.74, 6) is 0.638. The fourth-order valence-electron chi connectivity index (χ4n) is 3.63. The predicted molar refractivity (Wildman–Crippen MR) is 127 cm³/mol. The van der Waals surface area contributed by atoms with Gasteiger partial charge in [0.25, 0.3) is 5.91 Å². The molecular weight excluding hydrogens is 480 g/mol. The van der Waals surface area contributed by atoms with Gasteiger partial charge < -0.3 is 14.5 Å². The number of carbonyl (C=O) groups excluding carboxylic acids is 1. The van der Waals surface area contributed by atoms with E-state index in [1.807, 2.05) is 39.0 Å². The molecule has 0 aliphatic heterocycles. The third kappa shape index (κ3) is 4.18. The summed E-state index contributed by atoms with van der Waals surface area (Å²) >= 11 is 9.87. The maximum absolute atomic E-state index is 13.0. The van der Waals surface area contributed by atoms with Crippen molar-refractivity contribution in [3.05, 3.63) is 74.2 Å². The van der Waals surface area contributed by atoms with E-state index in [0.717, 1.165) is 32.3 Å². The second-order valence-electron chi connectivity index (χ2n) is 7.40. The number of nitrogens with zero attached hydrogens (tertiary/aromatic N) is 1. The minimum atomic E-state index is -0.293. The van der Waals surface area contributed by atoms with E-state index in [1.165, 1.54) is 0 Å². The van der Waals surface area contributed by atoms with Crippen LogP contribution >= 0.6 is 27.5 Å². The normalized spacial score (nSPS) is 11.0. The molecule has 0 radical (unpaired) electrons. The van der Waals surface area contributed by atoms with Crippen molar-refractivity contribution in [3.63, 3.8) is 0 Å². The lowest BCUT2D eigenvalue weighted by Crippen LogP contribution is -2.14. The number of methoxy groups -OCH3 is 1. The largest absolute Gasteiger partial charge is 0.496 e. The van der Waals surface area contributed by atoms with Gasteiger partial charge in [-0.05, 0) is 73.9 Å². The Morgan fingerprint density at radius 3 is 2.61 bits per heavy atom. The zero-order chi connectivity index (χ0) is 22.3. The Bertz CT molecular complexity index is 1330. The highest BCUT2D eigenvalue weighted by Gasteiger charge is 2.18. The fourth-order valence-corrected chi connectivity index (χ4v) is 4.40. The highest BCUT2D eigenvalue weighted by Crippen LogP contribution is 2.34. The minimum absolute atomic E-state index is 0.293. The summed E-state index contributed by atoms with van der Waals surface area (Å²) < 4.78 is 12.2. The van der Waals surface area contributed by atoms with Crippen molar-refractivity contribution >= 4 is 50.2 Å². The number of ether oxygens (including phenoxy) is 1. The molecule has 0 bridgehead atoms. The van der Waals surface area contributed by atoms with E-state index in [4.69, 9.17) is 20.8 Å². The lowest BCUT2D eigenvalue weighted by molar-refractivity contribution is 0.102. The smallest absolute Gasteiger partial charge is 0.259 e. The van der Waals surface area contributed by atoms with Crippen LogP contribution in [0.5, 0.6) is 5.75 Å². The van der Waals surface area contributed by atoms with Gasteiger partial charge in [0.05, 0.1) is 23.3 Å². The minimum Gasteiger partial charge on any atom is -0.496 e. The molecule has 0 saturated carbocycles. The molecule has 1 heterocycles. The van der Waals surface area contributed by atoms with Crippen LogP contribution in [-0.4, -0.2) is 18.0 Å². The van der Waals surface area contributed by atoms with Gasteiger partial charge in [-0.2, -0.15) is 0 Å². The first-order chi connectivity index (χ1) is 14.8. The van der Waals surface area contributed by atoms with Gasteiger partial charge in [0, 0.05) is 10.2 Å². The van der Waals surface area contributed by atoms with Crippen LogP contribution in [0.3, 0.4) is 0 Å². The van der Waals surface area contributed by atoms with Crippen molar-refractivity contribution in [2.45, 2.75) is 20.8 Å². The third-order valence-electron chi connectivity index (χ3n) is 4.96. The van der Waals surface area contributed by atoms with Crippen molar-refractivity contribution in [3.8, 4) is 17.2 Å². The first-order valence-corrected chi connectivity index (χ1v) is 10.8. The molecule has 1 amide bonds. The van der Waals surface area contributed by atoms with Crippen LogP contribution in [0, 0.1) is 20.8 Å². The molecule has 0 aliphatic carbocycles. The molecule has 3 aromatic carbocycles. The third-order valence-corrected chi connectivity index (χ3v) is 5.75. The molecule has 0 aliphatic rings. The average molecular weight is 500 g/mol. The molecular formula is C24H20BrClN2O3. The summed E-state index contributed by atoms with van der Waals surface area (Å²) in [5, 5.41) is 3.39. The summed E-state index contributed by atoms with van der Waals surface area (Å²) in [4.78, 5) is 17.6. The van der Waals surface area contributed by atoms with E-state index in [0.29, 0.717) is 33.5 Å². The van der Waals surface area contributed by atoms with Gasteiger partial charge in [-0.25, -0.2) is 4.98 Å².